The number of thioether (sulfide) groups is 1. The van der Waals surface area contributed by atoms with E-state index >= 15 is 0 Å². The normalized spacial score (nSPS) is 23.1. The van der Waals surface area contributed by atoms with E-state index in [1.807, 2.05) is 11.8 Å². The molecule has 0 bridgehead atoms. The number of rotatable bonds is 5. The van der Waals surface area contributed by atoms with E-state index in [-0.39, 0.29) is 11.9 Å². The van der Waals surface area contributed by atoms with E-state index in [0.717, 1.165) is 13.0 Å². The largest absolute Gasteiger partial charge is 0.354 e. The third-order valence-corrected chi connectivity index (χ3v) is 3.88. The maximum Gasteiger partial charge on any atom is 0.236 e. The Morgan fingerprint density at radius 2 is 2.33 bits per heavy atom. The van der Waals surface area contributed by atoms with Crippen LogP contribution in [0.2, 0.25) is 0 Å². The molecule has 1 rings (SSSR count). The van der Waals surface area contributed by atoms with E-state index in [9.17, 15) is 4.79 Å². The average Bonchev–Trinajstić information content (AvgIpc) is 2.65. The van der Waals surface area contributed by atoms with Crippen LogP contribution in [0.4, 0.5) is 0 Å². The molecule has 4 heteroatoms. The lowest BCUT2D eigenvalue weighted by atomic mass is 10.0. The van der Waals surface area contributed by atoms with Crippen LogP contribution in [0.25, 0.3) is 0 Å². The minimum absolute atomic E-state index is 0.0144. The van der Waals surface area contributed by atoms with Gasteiger partial charge in [-0.15, -0.1) is 0 Å². The van der Waals surface area contributed by atoms with Gasteiger partial charge in [0.25, 0.3) is 0 Å². The zero-order chi connectivity index (χ0) is 11.3. The van der Waals surface area contributed by atoms with Crippen molar-refractivity contribution >= 4 is 17.7 Å². The van der Waals surface area contributed by atoms with Crippen molar-refractivity contribution in [3.63, 3.8) is 0 Å². The van der Waals surface area contributed by atoms with Gasteiger partial charge >= 0.3 is 0 Å². The molecule has 1 amide bonds. The van der Waals surface area contributed by atoms with Gasteiger partial charge in [0.15, 0.2) is 0 Å². The Bertz CT molecular complexity index is 203. The van der Waals surface area contributed by atoms with Crippen molar-refractivity contribution in [1.82, 2.24) is 5.32 Å². The highest BCUT2D eigenvalue weighted by Crippen LogP contribution is 2.22. The highest BCUT2D eigenvalue weighted by Gasteiger charge is 2.19. The Hall–Kier alpha value is -0.220. The minimum Gasteiger partial charge on any atom is -0.354 e. The molecule has 0 aliphatic carbocycles. The van der Waals surface area contributed by atoms with Gasteiger partial charge in [0, 0.05) is 6.54 Å². The van der Waals surface area contributed by atoms with Gasteiger partial charge in [-0.2, -0.15) is 11.8 Å². The van der Waals surface area contributed by atoms with Gasteiger partial charge in [-0.1, -0.05) is 13.8 Å². The zero-order valence-electron chi connectivity index (χ0n) is 9.66. The molecule has 1 aliphatic rings. The number of carbonyl (C=O) groups is 1. The topological polar surface area (TPSA) is 55.1 Å². The first kappa shape index (κ1) is 12.8. The molecule has 3 nitrogen and oxygen atoms in total. The summed E-state index contributed by atoms with van der Waals surface area (Å²) in [5, 5.41) is 2.95. The average molecular weight is 230 g/mol. The Kier molecular flexibility index (Phi) is 5.47. The highest BCUT2D eigenvalue weighted by molar-refractivity contribution is 7.99. The van der Waals surface area contributed by atoms with Crippen molar-refractivity contribution in [2.45, 2.75) is 32.7 Å². The molecule has 0 radical (unpaired) electrons. The van der Waals surface area contributed by atoms with E-state index < -0.39 is 0 Å². The van der Waals surface area contributed by atoms with Gasteiger partial charge in [-0.3, -0.25) is 4.79 Å². The predicted octanol–water partition coefficient (Wildman–Crippen LogP) is 1.23. The summed E-state index contributed by atoms with van der Waals surface area (Å²) >= 11 is 1.97. The van der Waals surface area contributed by atoms with Crippen LogP contribution in [0.1, 0.15) is 26.7 Å². The molecule has 88 valence electrons. The van der Waals surface area contributed by atoms with Crippen molar-refractivity contribution in [2.24, 2.45) is 17.6 Å². The summed E-state index contributed by atoms with van der Waals surface area (Å²) in [6.45, 7) is 4.97. The molecule has 1 unspecified atom stereocenters. The van der Waals surface area contributed by atoms with Gasteiger partial charge in [-0.05, 0) is 36.2 Å². The summed E-state index contributed by atoms with van der Waals surface area (Å²) in [4.78, 5) is 11.6. The molecule has 1 saturated heterocycles. The summed E-state index contributed by atoms with van der Waals surface area (Å²) in [7, 11) is 0. The number of nitrogens with one attached hydrogen (secondary N) is 1. The first-order valence-electron chi connectivity index (χ1n) is 5.70. The van der Waals surface area contributed by atoms with E-state index in [1.165, 1.54) is 17.9 Å². The van der Waals surface area contributed by atoms with Crippen LogP contribution < -0.4 is 11.1 Å². The lowest BCUT2D eigenvalue weighted by Gasteiger charge is -2.16. The fourth-order valence-corrected chi connectivity index (χ4v) is 3.02. The Morgan fingerprint density at radius 3 is 2.87 bits per heavy atom. The molecule has 15 heavy (non-hydrogen) atoms. The molecule has 1 heterocycles. The molecule has 0 saturated carbocycles. The van der Waals surface area contributed by atoms with E-state index in [2.05, 4.69) is 19.2 Å². The second-order valence-corrected chi connectivity index (χ2v) is 5.86. The monoisotopic (exact) mass is 230 g/mol. The third-order valence-electron chi connectivity index (χ3n) is 2.65. The second kappa shape index (κ2) is 6.38. The molecular formula is C11H22N2OS. The summed E-state index contributed by atoms with van der Waals surface area (Å²) < 4.78 is 0. The molecule has 2 atom stereocenters. The van der Waals surface area contributed by atoms with Crippen LogP contribution in [-0.2, 0) is 4.79 Å². The number of nitrogens with two attached hydrogens (primary N) is 1. The van der Waals surface area contributed by atoms with E-state index in [1.54, 1.807) is 0 Å². The highest BCUT2D eigenvalue weighted by atomic mass is 32.2. The molecule has 3 N–H and O–H groups in total. The smallest absolute Gasteiger partial charge is 0.236 e. The van der Waals surface area contributed by atoms with Crippen molar-refractivity contribution in [3.05, 3.63) is 0 Å². The Morgan fingerprint density at radius 1 is 1.60 bits per heavy atom. The summed E-state index contributed by atoms with van der Waals surface area (Å²) in [5.74, 6) is 3.57. The fraction of sp³-hybridized carbons (Fsp3) is 0.909. The minimum atomic E-state index is -0.334. The first-order valence-corrected chi connectivity index (χ1v) is 6.86. The number of hydrogen-bond donors (Lipinski definition) is 2. The fourth-order valence-electron chi connectivity index (χ4n) is 1.74. The lowest BCUT2D eigenvalue weighted by molar-refractivity contribution is -0.122. The van der Waals surface area contributed by atoms with Gasteiger partial charge < -0.3 is 11.1 Å². The molecule has 0 aromatic rings. The Balaban J connectivity index is 2.16. The number of carbonyl (C=O) groups excluding carboxylic acids is 1. The van der Waals surface area contributed by atoms with Crippen molar-refractivity contribution in [2.75, 3.05) is 18.1 Å². The molecule has 0 aromatic heterocycles. The third kappa shape index (κ3) is 4.89. The SMILES string of the molecule is CC(C)C[C@H](N)C(=O)NCC1CCSC1. The van der Waals surface area contributed by atoms with Gasteiger partial charge in [0.1, 0.15) is 0 Å². The van der Waals surface area contributed by atoms with Crippen LogP contribution >= 0.6 is 11.8 Å². The quantitative estimate of drug-likeness (QED) is 0.747. The van der Waals surface area contributed by atoms with E-state index in [4.69, 9.17) is 5.73 Å². The standard InChI is InChI=1S/C11H22N2OS/c1-8(2)5-10(12)11(14)13-6-9-3-4-15-7-9/h8-10H,3-7,12H2,1-2H3,(H,13,14)/t9?,10-/m0/s1. The molecule has 0 spiro atoms. The second-order valence-electron chi connectivity index (χ2n) is 4.71. The number of hydrogen-bond acceptors (Lipinski definition) is 3. The van der Waals surface area contributed by atoms with Crippen molar-refractivity contribution < 1.29 is 4.79 Å². The van der Waals surface area contributed by atoms with E-state index in [0.29, 0.717) is 11.8 Å². The zero-order valence-corrected chi connectivity index (χ0v) is 10.5. The maximum absolute atomic E-state index is 11.6. The summed E-state index contributed by atoms with van der Waals surface area (Å²) in [6, 6.07) is -0.334. The summed E-state index contributed by atoms with van der Waals surface area (Å²) in [5.41, 5.74) is 5.79. The van der Waals surface area contributed by atoms with Crippen LogP contribution in [0.5, 0.6) is 0 Å². The molecule has 1 fully saturated rings. The van der Waals surface area contributed by atoms with Crippen LogP contribution in [0, 0.1) is 11.8 Å². The molecular weight excluding hydrogens is 208 g/mol. The summed E-state index contributed by atoms with van der Waals surface area (Å²) in [6.07, 6.45) is 2.00. The van der Waals surface area contributed by atoms with Crippen LogP contribution in [0.3, 0.4) is 0 Å². The van der Waals surface area contributed by atoms with Gasteiger partial charge in [0.05, 0.1) is 6.04 Å². The number of amides is 1. The van der Waals surface area contributed by atoms with Crippen molar-refractivity contribution in [3.8, 4) is 0 Å². The van der Waals surface area contributed by atoms with Crippen LogP contribution in [-0.4, -0.2) is 30.0 Å². The maximum atomic E-state index is 11.6. The van der Waals surface area contributed by atoms with Crippen LogP contribution in [0.15, 0.2) is 0 Å². The Labute approximate surface area is 96.6 Å². The van der Waals surface area contributed by atoms with Gasteiger partial charge in [-0.25, -0.2) is 0 Å². The van der Waals surface area contributed by atoms with Crippen molar-refractivity contribution in [1.29, 1.82) is 0 Å². The molecule has 0 aromatic carbocycles. The predicted molar refractivity (Wildman–Crippen MR) is 65.9 cm³/mol. The lowest BCUT2D eigenvalue weighted by Crippen LogP contribution is -2.43. The molecule has 1 aliphatic heterocycles. The van der Waals surface area contributed by atoms with Gasteiger partial charge in [0.2, 0.25) is 5.91 Å². The first-order chi connectivity index (χ1) is 7.09.